The van der Waals surface area contributed by atoms with Crippen LogP contribution in [0.4, 0.5) is 0 Å². The minimum Gasteiger partial charge on any atom is -0.480 e. The zero-order valence-corrected chi connectivity index (χ0v) is 8.20. The molecule has 0 aromatic heterocycles. The summed E-state index contributed by atoms with van der Waals surface area (Å²) in [5.74, 6) is -1.27. The number of aliphatic carboxylic acids is 1. The predicted octanol–water partition coefficient (Wildman–Crippen LogP) is 0.884. The molecule has 0 heterocycles. The fourth-order valence-electron chi connectivity index (χ4n) is 0.716. The number of carbonyl (C=O) groups is 2. The van der Waals surface area contributed by atoms with Crippen LogP contribution in [0.5, 0.6) is 0 Å². The summed E-state index contributed by atoms with van der Waals surface area (Å²) in [7, 11) is 1.47. The first-order chi connectivity index (χ1) is 5.84. The third kappa shape index (κ3) is 2.57. The number of rotatable bonds is 4. The Morgan fingerprint density at radius 3 is 2.31 bits per heavy atom. The highest BCUT2D eigenvalue weighted by atomic mass is 16.4. The van der Waals surface area contributed by atoms with Crippen molar-refractivity contribution in [3.05, 3.63) is 12.7 Å². The van der Waals surface area contributed by atoms with E-state index in [1.165, 1.54) is 31.9 Å². The number of likely N-dealkylation sites (N-methyl/N-ethyl adjacent to an activating group) is 1. The summed E-state index contributed by atoms with van der Waals surface area (Å²) < 4.78 is 0. The largest absolute Gasteiger partial charge is 0.480 e. The van der Waals surface area contributed by atoms with E-state index in [0.29, 0.717) is 0 Å². The minimum absolute atomic E-state index is 0.160. The lowest BCUT2D eigenvalue weighted by atomic mass is 10.0. The maximum Gasteiger partial charge on any atom is 0.329 e. The van der Waals surface area contributed by atoms with Crippen LogP contribution in [0.2, 0.25) is 0 Å². The lowest BCUT2D eigenvalue weighted by Gasteiger charge is -2.31. The van der Waals surface area contributed by atoms with Crippen molar-refractivity contribution in [2.75, 3.05) is 7.05 Å². The molecule has 0 aliphatic heterocycles. The first kappa shape index (κ1) is 11.7. The van der Waals surface area contributed by atoms with Crippen molar-refractivity contribution in [3.63, 3.8) is 0 Å². The summed E-state index contributed by atoms with van der Waals surface area (Å²) in [5.41, 5.74) is -1.17. The van der Waals surface area contributed by atoms with Gasteiger partial charge in [0, 0.05) is 13.5 Å². The van der Waals surface area contributed by atoms with E-state index in [9.17, 15) is 9.59 Å². The quantitative estimate of drug-likeness (QED) is 0.661. The van der Waals surface area contributed by atoms with Crippen LogP contribution in [0.25, 0.3) is 0 Å². The van der Waals surface area contributed by atoms with Gasteiger partial charge >= 0.3 is 5.97 Å². The lowest BCUT2D eigenvalue weighted by Crippen LogP contribution is -2.50. The van der Waals surface area contributed by atoms with Gasteiger partial charge in [0.15, 0.2) is 0 Å². The highest BCUT2D eigenvalue weighted by Crippen LogP contribution is 2.13. The maximum atomic E-state index is 11.3. The number of carbonyl (C=O) groups excluding carboxylic acids is 1. The van der Waals surface area contributed by atoms with Gasteiger partial charge in [-0.15, -0.1) is 6.58 Å². The van der Waals surface area contributed by atoms with Crippen LogP contribution in [0.3, 0.4) is 0 Å². The molecule has 0 saturated heterocycles. The topological polar surface area (TPSA) is 57.6 Å². The molecule has 13 heavy (non-hydrogen) atoms. The standard InChI is InChI=1S/C9H15NO3/c1-5-6-7(11)10(4)9(2,3)8(12)13/h5H,1,6H2,2-4H3,(H,12,13). The van der Waals surface area contributed by atoms with Gasteiger partial charge in [-0.25, -0.2) is 4.79 Å². The normalized spacial score (nSPS) is 10.7. The molecule has 0 aromatic carbocycles. The first-order valence-electron chi connectivity index (χ1n) is 3.95. The Balaban J connectivity index is 4.57. The summed E-state index contributed by atoms with van der Waals surface area (Å²) >= 11 is 0. The molecule has 0 rings (SSSR count). The SMILES string of the molecule is C=CCC(=O)N(C)C(C)(C)C(=O)O. The highest BCUT2D eigenvalue weighted by Gasteiger charge is 2.34. The second kappa shape index (κ2) is 4.07. The summed E-state index contributed by atoms with van der Waals surface area (Å²) in [6.45, 7) is 6.38. The van der Waals surface area contributed by atoms with Crippen LogP contribution >= 0.6 is 0 Å². The average molecular weight is 185 g/mol. The van der Waals surface area contributed by atoms with Gasteiger partial charge in [-0.2, -0.15) is 0 Å². The summed E-state index contributed by atoms with van der Waals surface area (Å²) in [6.07, 6.45) is 1.62. The van der Waals surface area contributed by atoms with Crippen LogP contribution < -0.4 is 0 Å². The van der Waals surface area contributed by atoms with Gasteiger partial charge < -0.3 is 10.0 Å². The highest BCUT2D eigenvalue weighted by molar-refractivity contribution is 5.86. The molecule has 0 aromatic rings. The van der Waals surface area contributed by atoms with Crippen molar-refractivity contribution in [1.82, 2.24) is 4.90 Å². The minimum atomic E-state index is -1.17. The molecular formula is C9H15NO3. The van der Waals surface area contributed by atoms with Crippen LogP contribution in [0.15, 0.2) is 12.7 Å². The van der Waals surface area contributed by atoms with E-state index in [2.05, 4.69) is 6.58 Å². The number of carboxylic acids is 1. The predicted molar refractivity (Wildman–Crippen MR) is 49.3 cm³/mol. The number of hydrogen-bond acceptors (Lipinski definition) is 2. The molecule has 0 fully saturated rings. The van der Waals surface area contributed by atoms with E-state index < -0.39 is 11.5 Å². The third-order valence-electron chi connectivity index (χ3n) is 2.05. The molecular weight excluding hydrogens is 170 g/mol. The van der Waals surface area contributed by atoms with Gasteiger partial charge in [-0.05, 0) is 13.8 Å². The molecule has 0 spiro atoms. The van der Waals surface area contributed by atoms with Gasteiger partial charge in [0.25, 0.3) is 0 Å². The number of nitrogens with zero attached hydrogens (tertiary/aromatic N) is 1. The Morgan fingerprint density at radius 1 is 1.54 bits per heavy atom. The molecule has 0 bridgehead atoms. The monoisotopic (exact) mass is 185 g/mol. The smallest absolute Gasteiger partial charge is 0.329 e. The van der Waals surface area contributed by atoms with Gasteiger partial charge in [0.2, 0.25) is 5.91 Å². The van der Waals surface area contributed by atoms with Gasteiger partial charge in [0.05, 0.1) is 0 Å². The van der Waals surface area contributed by atoms with E-state index in [0.717, 1.165) is 0 Å². The molecule has 1 amide bonds. The molecule has 0 unspecified atom stereocenters. The van der Waals surface area contributed by atoms with E-state index in [-0.39, 0.29) is 12.3 Å². The molecule has 0 radical (unpaired) electrons. The zero-order chi connectivity index (χ0) is 10.6. The maximum absolute atomic E-state index is 11.3. The Kier molecular flexibility index (Phi) is 3.66. The van der Waals surface area contributed by atoms with Crippen LogP contribution in [-0.4, -0.2) is 34.5 Å². The molecule has 4 heteroatoms. The molecule has 0 saturated carbocycles. The van der Waals surface area contributed by atoms with Crippen molar-refractivity contribution < 1.29 is 14.7 Å². The summed E-state index contributed by atoms with van der Waals surface area (Å²) in [4.78, 5) is 23.2. The van der Waals surface area contributed by atoms with E-state index in [1.54, 1.807) is 0 Å². The molecule has 0 aliphatic rings. The summed E-state index contributed by atoms with van der Waals surface area (Å²) in [5, 5.41) is 8.81. The molecule has 1 N–H and O–H groups in total. The second-order valence-corrected chi connectivity index (χ2v) is 3.31. The fourth-order valence-corrected chi connectivity index (χ4v) is 0.716. The van der Waals surface area contributed by atoms with Gasteiger partial charge in [0.1, 0.15) is 5.54 Å². The van der Waals surface area contributed by atoms with Crippen molar-refractivity contribution in [1.29, 1.82) is 0 Å². The van der Waals surface area contributed by atoms with Crippen molar-refractivity contribution in [3.8, 4) is 0 Å². The van der Waals surface area contributed by atoms with E-state index in [1.807, 2.05) is 0 Å². The molecule has 4 nitrogen and oxygen atoms in total. The molecule has 0 aliphatic carbocycles. The summed E-state index contributed by atoms with van der Waals surface area (Å²) in [6, 6.07) is 0. The first-order valence-corrected chi connectivity index (χ1v) is 3.95. The fraction of sp³-hybridized carbons (Fsp3) is 0.556. The lowest BCUT2D eigenvalue weighted by molar-refractivity contribution is -0.155. The molecule has 74 valence electrons. The Bertz CT molecular complexity index is 233. The third-order valence-corrected chi connectivity index (χ3v) is 2.05. The van der Waals surface area contributed by atoms with Gasteiger partial charge in [-0.3, -0.25) is 4.79 Å². The van der Waals surface area contributed by atoms with Crippen molar-refractivity contribution in [2.45, 2.75) is 25.8 Å². The van der Waals surface area contributed by atoms with Crippen LogP contribution in [0.1, 0.15) is 20.3 Å². The Morgan fingerprint density at radius 2 is 2.00 bits per heavy atom. The Labute approximate surface area is 77.8 Å². The zero-order valence-electron chi connectivity index (χ0n) is 8.20. The number of amides is 1. The second-order valence-electron chi connectivity index (χ2n) is 3.31. The van der Waals surface area contributed by atoms with Crippen molar-refractivity contribution in [2.24, 2.45) is 0 Å². The van der Waals surface area contributed by atoms with Crippen LogP contribution in [0, 0.1) is 0 Å². The number of hydrogen-bond donors (Lipinski definition) is 1. The molecule has 0 atom stereocenters. The average Bonchev–Trinajstić information content (AvgIpc) is 2.03. The van der Waals surface area contributed by atoms with E-state index >= 15 is 0 Å². The number of carboxylic acid groups (broad SMARTS) is 1. The van der Waals surface area contributed by atoms with Gasteiger partial charge in [-0.1, -0.05) is 6.08 Å². The van der Waals surface area contributed by atoms with Crippen molar-refractivity contribution >= 4 is 11.9 Å². The van der Waals surface area contributed by atoms with Crippen LogP contribution in [-0.2, 0) is 9.59 Å². The Hall–Kier alpha value is -1.32. The van der Waals surface area contributed by atoms with E-state index in [4.69, 9.17) is 5.11 Å².